The first-order valence-electron chi connectivity index (χ1n) is 16.7. The number of nitrogens with one attached hydrogen (secondary N) is 7. The maximum Gasteiger partial charge on any atom is 0.248 e. The van der Waals surface area contributed by atoms with Gasteiger partial charge in [-0.3, -0.25) is 33.6 Å². The highest BCUT2D eigenvalue weighted by molar-refractivity contribution is 5.99. The molecule has 0 aliphatic rings. The van der Waals surface area contributed by atoms with E-state index >= 15 is 0 Å². The van der Waals surface area contributed by atoms with E-state index in [1.165, 1.54) is 0 Å². The van der Waals surface area contributed by atoms with E-state index < -0.39 is 23.8 Å². The summed E-state index contributed by atoms with van der Waals surface area (Å²) in [5.41, 5.74) is 1.54. The molecule has 0 fully saturated rings. The Bertz CT molecular complexity index is 1500. The normalized spacial score (nSPS) is 10.9. The molecule has 0 bridgehead atoms. The first kappa shape index (κ1) is 41.5. The van der Waals surface area contributed by atoms with Gasteiger partial charge in [-0.1, -0.05) is 31.2 Å². The van der Waals surface area contributed by atoms with Crippen molar-refractivity contribution in [3.8, 4) is 0 Å². The third-order valence-corrected chi connectivity index (χ3v) is 7.11. The van der Waals surface area contributed by atoms with E-state index in [9.17, 15) is 33.6 Å². The molecule has 1 aromatic heterocycles. The van der Waals surface area contributed by atoms with Crippen LogP contribution in [0.3, 0.4) is 0 Å². The molecule has 0 aliphatic carbocycles. The molecule has 0 radical (unpaired) electrons. The fourth-order valence-electron chi connectivity index (χ4n) is 4.40. The second kappa shape index (κ2) is 23.7. The van der Waals surface area contributed by atoms with E-state index in [-0.39, 0.29) is 67.6 Å². The van der Waals surface area contributed by atoms with Crippen molar-refractivity contribution in [3.63, 3.8) is 0 Å². The van der Waals surface area contributed by atoms with Gasteiger partial charge in [0.15, 0.2) is 0 Å². The molecule has 0 aliphatic heterocycles. The minimum absolute atomic E-state index is 0.158. The molecule has 2 rings (SSSR count). The van der Waals surface area contributed by atoms with Gasteiger partial charge >= 0.3 is 0 Å². The van der Waals surface area contributed by atoms with E-state index in [1.807, 2.05) is 12.1 Å². The standard InChI is InChI=1S/C35H48N8O8/c1-4-29(44)42-27-11-10-12-28(41-27)43-32(47)15-8-7-14-31(46)37-21-33(48)36-20-9-5-6-13-30(45)38-22-34(49)39-24(2)35(50)40-26-18-16-25(17-19-26)23-51-3/h4,10-12,16-19,24H,1,5-9,13-15,20-23H2,2-3H3,(H,36,48)(H,37,46)(H,38,45)(H,39,49)(H,40,50)(H2,41,42,43,44,47)/t24-/m0/s1. The van der Waals surface area contributed by atoms with Crippen molar-refractivity contribution in [1.82, 2.24) is 26.3 Å². The van der Waals surface area contributed by atoms with E-state index in [0.29, 0.717) is 50.9 Å². The third-order valence-electron chi connectivity index (χ3n) is 7.11. The van der Waals surface area contributed by atoms with Gasteiger partial charge in [0, 0.05) is 38.6 Å². The Morgan fingerprint density at radius 1 is 0.706 bits per heavy atom. The molecule has 276 valence electrons. The molecule has 0 saturated heterocycles. The largest absolute Gasteiger partial charge is 0.380 e. The van der Waals surface area contributed by atoms with Crippen LogP contribution in [0.4, 0.5) is 17.3 Å². The van der Waals surface area contributed by atoms with Crippen LogP contribution in [0.2, 0.25) is 0 Å². The second-order valence-corrected chi connectivity index (χ2v) is 11.5. The van der Waals surface area contributed by atoms with Crippen LogP contribution < -0.4 is 37.2 Å². The SMILES string of the molecule is C=CC(=O)Nc1cccc(NC(=O)CCCCC(=O)NCC(=O)NCCCCCC(=O)NCC(=O)N[C@@H](C)C(=O)Nc2ccc(COC)cc2)n1. The molecule has 51 heavy (non-hydrogen) atoms. The number of pyridine rings is 1. The summed E-state index contributed by atoms with van der Waals surface area (Å²) in [5, 5.41) is 18.2. The van der Waals surface area contributed by atoms with E-state index in [2.05, 4.69) is 48.8 Å². The van der Waals surface area contributed by atoms with Crippen LogP contribution >= 0.6 is 0 Å². The Balaban J connectivity index is 1.46. The quantitative estimate of drug-likeness (QED) is 0.0660. The monoisotopic (exact) mass is 708 g/mol. The second-order valence-electron chi connectivity index (χ2n) is 11.5. The van der Waals surface area contributed by atoms with Crippen LogP contribution in [0.25, 0.3) is 0 Å². The topological polar surface area (TPSA) is 226 Å². The van der Waals surface area contributed by atoms with Gasteiger partial charge in [0.05, 0.1) is 19.7 Å². The predicted octanol–water partition coefficient (Wildman–Crippen LogP) is 1.90. The average molecular weight is 709 g/mol. The zero-order valence-electron chi connectivity index (χ0n) is 29.1. The highest BCUT2D eigenvalue weighted by Gasteiger charge is 2.16. The van der Waals surface area contributed by atoms with Gasteiger partial charge < -0.3 is 42.0 Å². The molecule has 7 N–H and O–H groups in total. The molecule has 7 amide bonds. The van der Waals surface area contributed by atoms with Crippen molar-refractivity contribution >= 4 is 58.7 Å². The lowest BCUT2D eigenvalue weighted by molar-refractivity contribution is -0.128. The molecular weight excluding hydrogens is 660 g/mol. The molecule has 1 atom stereocenters. The number of benzene rings is 1. The van der Waals surface area contributed by atoms with Gasteiger partial charge in [-0.05, 0) is 68.5 Å². The lowest BCUT2D eigenvalue weighted by Crippen LogP contribution is -2.45. The fraction of sp³-hybridized carbons (Fsp3) is 0.429. The number of hydrogen-bond donors (Lipinski definition) is 7. The van der Waals surface area contributed by atoms with Crippen LogP contribution in [0.1, 0.15) is 63.9 Å². The number of carbonyl (C=O) groups is 7. The summed E-state index contributed by atoms with van der Waals surface area (Å²) in [6, 6.07) is 11.1. The number of methoxy groups -OCH3 is 1. The van der Waals surface area contributed by atoms with Crippen LogP contribution in [-0.2, 0) is 44.9 Å². The van der Waals surface area contributed by atoms with Crippen molar-refractivity contribution in [2.75, 3.05) is 42.7 Å². The number of carbonyl (C=O) groups excluding carboxylic acids is 7. The average Bonchev–Trinajstić information content (AvgIpc) is 3.10. The van der Waals surface area contributed by atoms with Crippen LogP contribution in [0.15, 0.2) is 55.1 Å². The molecular formula is C35H48N8O8. The smallest absolute Gasteiger partial charge is 0.248 e. The Morgan fingerprint density at radius 3 is 1.92 bits per heavy atom. The molecule has 16 heteroatoms. The lowest BCUT2D eigenvalue weighted by Gasteiger charge is -2.15. The number of rotatable bonds is 23. The molecule has 0 unspecified atom stereocenters. The van der Waals surface area contributed by atoms with E-state index in [0.717, 1.165) is 11.6 Å². The first-order chi connectivity index (χ1) is 24.5. The number of amides is 7. The maximum atomic E-state index is 12.4. The van der Waals surface area contributed by atoms with Crippen LogP contribution in [0, 0.1) is 0 Å². The summed E-state index contributed by atoms with van der Waals surface area (Å²) >= 11 is 0. The van der Waals surface area contributed by atoms with Crippen LogP contribution in [0.5, 0.6) is 0 Å². The molecule has 0 spiro atoms. The number of aromatic nitrogens is 1. The van der Waals surface area contributed by atoms with E-state index in [1.54, 1.807) is 44.4 Å². The molecule has 1 aromatic carbocycles. The lowest BCUT2D eigenvalue weighted by atomic mass is 10.2. The number of anilines is 3. The Morgan fingerprint density at radius 2 is 1.29 bits per heavy atom. The van der Waals surface area contributed by atoms with Crippen molar-refractivity contribution in [1.29, 1.82) is 0 Å². The summed E-state index contributed by atoms with van der Waals surface area (Å²) in [7, 11) is 1.60. The molecule has 0 saturated carbocycles. The number of ether oxygens (including phenoxy) is 1. The Hall–Kier alpha value is -5.64. The van der Waals surface area contributed by atoms with Gasteiger partial charge in [-0.15, -0.1) is 0 Å². The zero-order chi connectivity index (χ0) is 37.4. The molecule has 16 nitrogen and oxygen atoms in total. The Labute approximate surface area is 297 Å². The van der Waals surface area contributed by atoms with Gasteiger partial charge in [0.1, 0.15) is 17.7 Å². The van der Waals surface area contributed by atoms with Crippen molar-refractivity contribution in [3.05, 3.63) is 60.7 Å². The van der Waals surface area contributed by atoms with Gasteiger partial charge in [0.25, 0.3) is 0 Å². The summed E-state index contributed by atoms with van der Waals surface area (Å²) in [6.07, 6.45) is 4.38. The van der Waals surface area contributed by atoms with Gasteiger partial charge in [-0.25, -0.2) is 4.98 Å². The Kier molecular flexibility index (Phi) is 19.3. The summed E-state index contributed by atoms with van der Waals surface area (Å²) in [5.74, 6) is -1.98. The molecule has 1 heterocycles. The zero-order valence-corrected chi connectivity index (χ0v) is 29.1. The van der Waals surface area contributed by atoms with Crippen molar-refractivity contribution in [2.45, 2.75) is 70.9 Å². The van der Waals surface area contributed by atoms with Crippen molar-refractivity contribution < 1.29 is 38.3 Å². The summed E-state index contributed by atoms with van der Waals surface area (Å²) < 4.78 is 5.06. The minimum atomic E-state index is -0.808. The third kappa shape index (κ3) is 18.6. The maximum absolute atomic E-state index is 12.4. The number of unbranched alkanes of at least 4 members (excludes halogenated alkanes) is 3. The van der Waals surface area contributed by atoms with Gasteiger partial charge in [0.2, 0.25) is 41.4 Å². The van der Waals surface area contributed by atoms with Crippen molar-refractivity contribution in [2.24, 2.45) is 0 Å². The first-order valence-corrected chi connectivity index (χ1v) is 16.7. The molecule has 2 aromatic rings. The minimum Gasteiger partial charge on any atom is -0.380 e. The van der Waals surface area contributed by atoms with E-state index in [4.69, 9.17) is 4.74 Å². The predicted molar refractivity (Wildman–Crippen MR) is 191 cm³/mol. The fourth-order valence-corrected chi connectivity index (χ4v) is 4.40. The highest BCUT2D eigenvalue weighted by atomic mass is 16.5. The summed E-state index contributed by atoms with van der Waals surface area (Å²) in [6.45, 7) is 5.32. The highest BCUT2D eigenvalue weighted by Crippen LogP contribution is 2.12. The summed E-state index contributed by atoms with van der Waals surface area (Å²) in [4.78, 5) is 88.4. The number of hydrogen-bond acceptors (Lipinski definition) is 9. The van der Waals surface area contributed by atoms with Gasteiger partial charge in [-0.2, -0.15) is 0 Å². The number of nitrogens with zero attached hydrogens (tertiary/aromatic N) is 1. The van der Waals surface area contributed by atoms with Crippen LogP contribution in [-0.4, -0.2) is 79.1 Å².